The molecule has 0 aliphatic heterocycles. The van der Waals surface area contributed by atoms with Crippen LogP contribution in [-0.4, -0.2) is 13.2 Å². The van der Waals surface area contributed by atoms with Crippen molar-refractivity contribution >= 4 is 0 Å². The molecule has 0 radical (unpaired) electrons. The van der Waals surface area contributed by atoms with Crippen LogP contribution in [0.4, 0.5) is 0 Å². The molecule has 0 spiro atoms. The molecule has 100 valence electrons. The van der Waals surface area contributed by atoms with E-state index in [0.29, 0.717) is 6.61 Å². The molecule has 0 aromatic heterocycles. The van der Waals surface area contributed by atoms with Gasteiger partial charge in [0, 0.05) is 5.41 Å². The van der Waals surface area contributed by atoms with Gasteiger partial charge >= 0.3 is 0 Å². The lowest BCUT2D eigenvalue weighted by molar-refractivity contribution is -0.370. The third kappa shape index (κ3) is 3.15. The standard InChI is InChI=1S/C17H21NO/c1-17(2,14-6-4-3-5-7-14)15-8-10-16(11-9-15)19-13-12-18/h3-11H,12-13,18H2,1-2H3/p+1. The van der Waals surface area contributed by atoms with Crippen molar-refractivity contribution in [3.8, 4) is 5.75 Å². The summed E-state index contributed by atoms with van der Waals surface area (Å²) < 4.78 is 5.57. The summed E-state index contributed by atoms with van der Waals surface area (Å²) in [4.78, 5) is 0. The van der Waals surface area contributed by atoms with Crippen LogP contribution in [0.5, 0.6) is 5.75 Å². The minimum atomic E-state index is 0.00605. The van der Waals surface area contributed by atoms with Crippen molar-refractivity contribution in [1.82, 2.24) is 0 Å². The number of benzene rings is 2. The van der Waals surface area contributed by atoms with Crippen LogP contribution < -0.4 is 10.5 Å². The van der Waals surface area contributed by atoms with Gasteiger partial charge < -0.3 is 10.5 Å². The van der Waals surface area contributed by atoms with Crippen LogP contribution in [0, 0.1) is 0 Å². The van der Waals surface area contributed by atoms with Crippen LogP contribution in [0.3, 0.4) is 0 Å². The number of ether oxygens (including phenoxy) is 1. The quantitative estimate of drug-likeness (QED) is 0.877. The van der Waals surface area contributed by atoms with E-state index in [1.54, 1.807) is 0 Å². The van der Waals surface area contributed by atoms with E-state index < -0.39 is 0 Å². The Kier molecular flexibility index (Phi) is 4.23. The van der Waals surface area contributed by atoms with Crippen LogP contribution >= 0.6 is 0 Å². The van der Waals surface area contributed by atoms with Crippen molar-refractivity contribution in [2.45, 2.75) is 19.3 Å². The summed E-state index contributed by atoms with van der Waals surface area (Å²) in [7, 11) is 0. The van der Waals surface area contributed by atoms with Crippen LogP contribution in [0.25, 0.3) is 0 Å². The van der Waals surface area contributed by atoms with Crippen molar-refractivity contribution in [1.29, 1.82) is 0 Å². The van der Waals surface area contributed by atoms with E-state index in [2.05, 4.69) is 62.0 Å². The normalized spacial score (nSPS) is 11.3. The Hall–Kier alpha value is -1.80. The largest absolute Gasteiger partial charge is 0.488 e. The van der Waals surface area contributed by atoms with Crippen LogP contribution in [0.1, 0.15) is 25.0 Å². The predicted molar refractivity (Wildman–Crippen MR) is 78.3 cm³/mol. The number of hydrogen-bond acceptors (Lipinski definition) is 1. The summed E-state index contributed by atoms with van der Waals surface area (Å²) in [6.07, 6.45) is 0. The predicted octanol–water partition coefficient (Wildman–Crippen LogP) is 2.63. The first-order valence-electron chi connectivity index (χ1n) is 6.72. The second-order valence-electron chi connectivity index (χ2n) is 5.22. The Bertz CT molecular complexity index is 503. The number of rotatable bonds is 5. The molecule has 0 saturated carbocycles. The van der Waals surface area contributed by atoms with Gasteiger partial charge in [-0.1, -0.05) is 56.3 Å². The molecular weight excluding hydrogens is 234 g/mol. The molecule has 0 atom stereocenters. The summed E-state index contributed by atoms with van der Waals surface area (Å²) in [5, 5.41) is 0. The van der Waals surface area contributed by atoms with Gasteiger partial charge in [-0.15, -0.1) is 0 Å². The van der Waals surface area contributed by atoms with Crippen molar-refractivity contribution in [2.24, 2.45) is 0 Å². The molecular formula is C17H22NO+. The smallest absolute Gasteiger partial charge is 0.137 e. The molecule has 2 rings (SSSR count). The summed E-state index contributed by atoms with van der Waals surface area (Å²) >= 11 is 0. The Morgan fingerprint density at radius 2 is 1.47 bits per heavy atom. The minimum absolute atomic E-state index is 0.00605. The second-order valence-corrected chi connectivity index (χ2v) is 5.22. The average Bonchev–Trinajstić information content (AvgIpc) is 2.46. The summed E-state index contributed by atoms with van der Waals surface area (Å²) in [6.45, 7) is 5.95. The first-order valence-corrected chi connectivity index (χ1v) is 6.72. The molecule has 2 heteroatoms. The molecule has 2 aromatic rings. The zero-order valence-electron chi connectivity index (χ0n) is 11.7. The van der Waals surface area contributed by atoms with Crippen molar-refractivity contribution in [3.05, 3.63) is 65.7 Å². The highest BCUT2D eigenvalue weighted by molar-refractivity contribution is 5.39. The number of hydrogen-bond donors (Lipinski definition) is 1. The second kappa shape index (κ2) is 5.89. The van der Waals surface area contributed by atoms with E-state index in [0.717, 1.165) is 12.3 Å². The van der Waals surface area contributed by atoms with Crippen molar-refractivity contribution in [2.75, 3.05) is 13.2 Å². The van der Waals surface area contributed by atoms with Crippen molar-refractivity contribution < 1.29 is 10.5 Å². The van der Waals surface area contributed by atoms with Gasteiger partial charge in [0.1, 0.15) is 18.9 Å². The van der Waals surface area contributed by atoms with E-state index in [-0.39, 0.29) is 5.41 Å². The minimum Gasteiger partial charge on any atom is -0.488 e. The molecule has 0 fully saturated rings. The van der Waals surface area contributed by atoms with Gasteiger partial charge in [0.2, 0.25) is 0 Å². The molecule has 0 amide bonds. The van der Waals surface area contributed by atoms with E-state index in [9.17, 15) is 0 Å². The molecule has 0 unspecified atom stereocenters. The molecule has 0 saturated heterocycles. The lowest BCUT2D eigenvalue weighted by Gasteiger charge is -2.26. The average molecular weight is 256 g/mol. The van der Waals surface area contributed by atoms with Gasteiger partial charge in [-0.2, -0.15) is 0 Å². The lowest BCUT2D eigenvalue weighted by Crippen LogP contribution is -2.52. The van der Waals surface area contributed by atoms with E-state index in [1.807, 2.05) is 12.1 Å². The van der Waals surface area contributed by atoms with Gasteiger partial charge in [0.05, 0.1) is 0 Å². The zero-order chi connectivity index (χ0) is 13.7. The van der Waals surface area contributed by atoms with Crippen molar-refractivity contribution in [3.63, 3.8) is 0 Å². The molecule has 2 aromatic carbocycles. The summed E-state index contributed by atoms with van der Waals surface area (Å²) in [6, 6.07) is 18.9. The highest BCUT2D eigenvalue weighted by Gasteiger charge is 2.22. The van der Waals surface area contributed by atoms with Crippen LogP contribution in [0.15, 0.2) is 54.6 Å². The monoisotopic (exact) mass is 256 g/mol. The zero-order valence-corrected chi connectivity index (χ0v) is 11.7. The summed E-state index contributed by atoms with van der Waals surface area (Å²) in [5.74, 6) is 0.913. The fourth-order valence-electron chi connectivity index (χ4n) is 2.18. The molecule has 19 heavy (non-hydrogen) atoms. The first kappa shape index (κ1) is 13.6. The SMILES string of the molecule is CC(C)(c1ccccc1)c1ccc(OCC[NH3+])cc1. The molecule has 0 bridgehead atoms. The Morgan fingerprint density at radius 3 is 2.05 bits per heavy atom. The van der Waals surface area contributed by atoms with Crippen LogP contribution in [-0.2, 0) is 5.41 Å². The van der Waals surface area contributed by atoms with Gasteiger partial charge in [0.15, 0.2) is 0 Å². The third-order valence-corrected chi connectivity index (χ3v) is 3.48. The molecule has 2 nitrogen and oxygen atoms in total. The molecule has 0 heterocycles. The Labute approximate surface area is 115 Å². The molecule has 0 aliphatic carbocycles. The Morgan fingerprint density at radius 1 is 0.895 bits per heavy atom. The fourth-order valence-corrected chi connectivity index (χ4v) is 2.18. The lowest BCUT2D eigenvalue weighted by atomic mass is 9.78. The first-order chi connectivity index (χ1) is 9.14. The highest BCUT2D eigenvalue weighted by Crippen LogP contribution is 2.32. The topological polar surface area (TPSA) is 36.9 Å². The van der Waals surface area contributed by atoms with E-state index in [4.69, 9.17) is 4.74 Å². The van der Waals surface area contributed by atoms with Gasteiger partial charge in [-0.25, -0.2) is 0 Å². The van der Waals surface area contributed by atoms with Crippen LogP contribution in [0.2, 0.25) is 0 Å². The van der Waals surface area contributed by atoms with Gasteiger partial charge in [-0.3, -0.25) is 0 Å². The fraction of sp³-hybridized carbons (Fsp3) is 0.294. The Balaban J connectivity index is 2.21. The van der Waals surface area contributed by atoms with Gasteiger partial charge in [0.25, 0.3) is 0 Å². The third-order valence-electron chi connectivity index (χ3n) is 3.48. The number of quaternary nitrogens is 1. The maximum absolute atomic E-state index is 5.57. The molecule has 3 N–H and O–H groups in total. The van der Waals surface area contributed by atoms with Gasteiger partial charge in [-0.05, 0) is 23.3 Å². The summed E-state index contributed by atoms with van der Waals surface area (Å²) in [5.41, 5.74) is 6.39. The highest BCUT2D eigenvalue weighted by atomic mass is 16.5. The van der Waals surface area contributed by atoms with E-state index in [1.165, 1.54) is 11.1 Å². The van der Waals surface area contributed by atoms with E-state index >= 15 is 0 Å². The maximum atomic E-state index is 5.57. The maximum Gasteiger partial charge on any atom is 0.137 e. The molecule has 0 aliphatic rings.